The Balaban J connectivity index is 1.56. The zero-order valence-electron chi connectivity index (χ0n) is 11.6. The van der Waals surface area contributed by atoms with Crippen molar-refractivity contribution in [2.24, 2.45) is 0 Å². The fourth-order valence-corrected chi connectivity index (χ4v) is 4.45. The van der Waals surface area contributed by atoms with Gasteiger partial charge >= 0.3 is 0 Å². The molecule has 0 unspecified atom stereocenters. The predicted octanol–water partition coefficient (Wildman–Crippen LogP) is 0.667. The lowest BCUT2D eigenvalue weighted by Crippen LogP contribution is -2.50. The maximum atomic E-state index is 12.2. The Morgan fingerprint density at radius 2 is 2.25 bits per heavy atom. The number of hydrogen-bond acceptors (Lipinski definition) is 5. The van der Waals surface area contributed by atoms with Crippen LogP contribution >= 0.6 is 11.8 Å². The average molecular weight is 300 g/mol. The van der Waals surface area contributed by atoms with Crippen molar-refractivity contribution in [2.45, 2.75) is 49.6 Å². The molecule has 0 aromatic heterocycles. The van der Waals surface area contributed by atoms with Crippen LogP contribution in [-0.2, 0) is 19.2 Å². The van der Waals surface area contributed by atoms with Crippen molar-refractivity contribution in [1.29, 1.82) is 0 Å². The number of carbonyl (C=O) groups excluding carboxylic acids is 2. The molecule has 0 aromatic rings. The lowest BCUT2D eigenvalue weighted by molar-refractivity contribution is -0.152. The Morgan fingerprint density at radius 1 is 1.50 bits per heavy atom. The first-order valence-corrected chi connectivity index (χ1v) is 8.08. The lowest BCUT2D eigenvalue weighted by atomic mass is 10.2. The van der Waals surface area contributed by atoms with E-state index < -0.39 is 6.04 Å². The molecule has 3 fully saturated rings. The van der Waals surface area contributed by atoms with Crippen LogP contribution in [-0.4, -0.2) is 52.7 Å². The minimum atomic E-state index is -0.403. The number of rotatable bonds is 3. The van der Waals surface area contributed by atoms with Crippen LogP contribution in [0.25, 0.3) is 0 Å². The third-order valence-electron chi connectivity index (χ3n) is 4.24. The summed E-state index contributed by atoms with van der Waals surface area (Å²) in [4.78, 5) is 31.2. The molecule has 0 aliphatic carbocycles. The van der Waals surface area contributed by atoms with Gasteiger partial charge in [0.15, 0.2) is 0 Å². The average Bonchev–Trinajstić information content (AvgIpc) is 2.95. The molecule has 2 amide bonds. The lowest BCUT2D eigenvalue weighted by Gasteiger charge is -2.30. The highest BCUT2D eigenvalue weighted by Gasteiger charge is 2.53. The standard InChI is InChI=1S/C13H20N2O4S/c1-13-5-2-11(16)15(13)10(8-20-13)12(17)14-19-9-3-6-18-7-4-9/h9-10H,2-8H2,1H3,(H,14,17)/t10-,13-/m0/s1. The summed E-state index contributed by atoms with van der Waals surface area (Å²) in [5, 5.41) is 0. The summed E-state index contributed by atoms with van der Waals surface area (Å²) in [6.07, 6.45) is 2.96. The molecular weight excluding hydrogens is 280 g/mol. The Labute approximate surface area is 122 Å². The molecule has 0 bridgehead atoms. The molecule has 6 nitrogen and oxygen atoms in total. The molecule has 3 rings (SSSR count). The van der Waals surface area contributed by atoms with E-state index in [1.807, 2.05) is 6.92 Å². The zero-order chi connectivity index (χ0) is 14.2. The molecule has 3 heterocycles. The summed E-state index contributed by atoms with van der Waals surface area (Å²) in [5.74, 6) is 0.511. The second-order valence-electron chi connectivity index (χ2n) is 5.66. The molecule has 0 saturated carbocycles. The van der Waals surface area contributed by atoms with Crippen molar-refractivity contribution in [3.05, 3.63) is 0 Å². The number of ether oxygens (including phenoxy) is 1. The second kappa shape index (κ2) is 5.54. The van der Waals surface area contributed by atoms with Crippen molar-refractivity contribution in [1.82, 2.24) is 10.4 Å². The summed E-state index contributed by atoms with van der Waals surface area (Å²) in [5.41, 5.74) is 2.54. The van der Waals surface area contributed by atoms with Gasteiger partial charge in [0.25, 0.3) is 5.91 Å². The normalized spacial score (nSPS) is 34.4. The van der Waals surface area contributed by atoms with Crippen LogP contribution in [0, 0.1) is 0 Å². The van der Waals surface area contributed by atoms with Crippen molar-refractivity contribution >= 4 is 23.6 Å². The smallest absolute Gasteiger partial charge is 0.267 e. The Morgan fingerprint density at radius 3 is 3.00 bits per heavy atom. The first-order chi connectivity index (χ1) is 9.60. The second-order valence-corrected chi connectivity index (χ2v) is 7.16. The third kappa shape index (κ3) is 2.54. The maximum absolute atomic E-state index is 12.2. The molecule has 7 heteroatoms. The molecule has 112 valence electrons. The van der Waals surface area contributed by atoms with Gasteiger partial charge in [0, 0.05) is 25.4 Å². The van der Waals surface area contributed by atoms with Gasteiger partial charge < -0.3 is 9.64 Å². The van der Waals surface area contributed by atoms with Crippen LogP contribution in [0.1, 0.15) is 32.6 Å². The number of thioether (sulfide) groups is 1. The van der Waals surface area contributed by atoms with Crippen LogP contribution < -0.4 is 5.48 Å². The van der Waals surface area contributed by atoms with Gasteiger partial charge in [0.1, 0.15) is 6.04 Å². The number of hydrogen-bond donors (Lipinski definition) is 1. The molecule has 3 saturated heterocycles. The summed E-state index contributed by atoms with van der Waals surface area (Å²) < 4.78 is 5.24. The minimum Gasteiger partial charge on any atom is -0.381 e. The Hall–Kier alpha value is -0.790. The van der Waals surface area contributed by atoms with Gasteiger partial charge in [-0.1, -0.05) is 0 Å². The molecule has 0 aromatic carbocycles. The SMILES string of the molecule is C[C@]12CCC(=O)N1[C@H](C(=O)NOC1CCOCC1)CS2. The molecule has 20 heavy (non-hydrogen) atoms. The monoisotopic (exact) mass is 300 g/mol. The first kappa shape index (κ1) is 14.2. The fourth-order valence-electron chi connectivity index (χ4n) is 3.02. The van der Waals surface area contributed by atoms with E-state index >= 15 is 0 Å². The number of amides is 2. The summed E-state index contributed by atoms with van der Waals surface area (Å²) in [6.45, 7) is 3.38. The van der Waals surface area contributed by atoms with E-state index in [0.717, 1.165) is 19.3 Å². The van der Waals surface area contributed by atoms with Gasteiger partial charge in [-0.3, -0.25) is 14.4 Å². The maximum Gasteiger partial charge on any atom is 0.267 e. The number of nitrogens with one attached hydrogen (secondary N) is 1. The first-order valence-electron chi connectivity index (χ1n) is 7.09. The largest absolute Gasteiger partial charge is 0.381 e. The minimum absolute atomic E-state index is 0.0161. The van der Waals surface area contributed by atoms with Crippen molar-refractivity contribution in [2.75, 3.05) is 19.0 Å². The fraction of sp³-hybridized carbons (Fsp3) is 0.846. The van der Waals surface area contributed by atoms with Crippen LogP contribution in [0.4, 0.5) is 0 Å². The Bertz CT molecular complexity index is 413. The third-order valence-corrected chi connectivity index (χ3v) is 5.75. The summed E-state index contributed by atoms with van der Waals surface area (Å²) >= 11 is 1.69. The van der Waals surface area contributed by atoms with E-state index in [1.165, 1.54) is 0 Å². The van der Waals surface area contributed by atoms with Crippen LogP contribution in [0.2, 0.25) is 0 Å². The molecular formula is C13H20N2O4S. The molecule has 0 radical (unpaired) electrons. The van der Waals surface area contributed by atoms with Crippen molar-refractivity contribution < 1.29 is 19.2 Å². The topological polar surface area (TPSA) is 67.9 Å². The van der Waals surface area contributed by atoms with Gasteiger partial charge in [-0.2, -0.15) is 0 Å². The van der Waals surface area contributed by atoms with E-state index in [4.69, 9.17) is 9.57 Å². The number of nitrogens with zero attached hydrogens (tertiary/aromatic N) is 1. The van der Waals surface area contributed by atoms with Crippen LogP contribution in [0.15, 0.2) is 0 Å². The number of hydroxylamine groups is 1. The Kier molecular flexibility index (Phi) is 3.92. The molecule has 3 aliphatic heterocycles. The quantitative estimate of drug-likeness (QED) is 0.776. The van der Waals surface area contributed by atoms with E-state index in [0.29, 0.717) is 25.4 Å². The summed E-state index contributed by atoms with van der Waals surface area (Å²) in [7, 11) is 0. The highest BCUT2D eigenvalue weighted by atomic mass is 32.2. The van der Waals surface area contributed by atoms with Gasteiger partial charge in [0.2, 0.25) is 5.91 Å². The van der Waals surface area contributed by atoms with E-state index in [1.54, 1.807) is 16.7 Å². The summed E-state index contributed by atoms with van der Waals surface area (Å²) in [6, 6.07) is -0.403. The highest BCUT2D eigenvalue weighted by molar-refractivity contribution is 8.01. The molecule has 0 spiro atoms. The highest BCUT2D eigenvalue weighted by Crippen LogP contribution is 2.47. The molecule has 1 N–H and O–H groups in total. The van der Waals surface area contributed by atoms with Gasteiger partial charge in [-0.15, -0.1) is 11.8 Å². The predicted molar refractivity (Wildman–Crippen MR) is 73.8 cm³/mol. The number of fused-ring (bicyclic) bond motifs is 1. The van der Waals surface area contributed by atoms with Crippen molar-refractivity contribution in [3.8, 4) is 0 Å². The van der Waals surface area contributed by atoms with Gasteiger partial charge in [0.05, 0.1) is 11.0 Å². The number of carbonyl (C=O) groups is 2. The van der Waals surface area contributed by atoms with E-state index in [9.17, 15) is 9.59 Å². The van der Waals surface area contributed by atoms with Gasteiger partial charge in [-0.25, -0.2) is 5.48 Å². The van der Waals surface area contributed by atoms with E-state index in [-0.39, 0.29) is 22.8 Å². The molecule has 2 atom stereocenters. The van der Waals surface area contributed by atoms with Crippen LogP contribution in [0.3, 0.4) is 0 Å². The zero-order valence-corrected chi connectivity index (χ0v) is 12.4. The van der Waals surface area contributed by atoms with E-state index in [2.05, 4.69) is 5.48 Å². The van der Waals surface area contributed by atoms with Crippen molar-refractivity contribution in [3.63, 3.8) is 0 Å². The van der Waals surface area contributed by atoms with Crippen LogP contribution in [0.5, 0.6) is 0 Å². The molecule has 3 aliphatic rings. The van der Waals surface area contributed by atoms with Gasteiger partial charge in [-0.05, 0) is 26.2 Å².